The molecule has 0 bridgehead atoms. The molecule has 0 saturated heterocycles. The van der Waals surface area contributed by atoms with Crippen LogP contribution in [-0.2, 0) is 6.54 Å². The van der Waals surface area contributed by atoms with Gasteiger partial charge in [0.1, 0.15) is 0 Å². The number of halogens is 1. The molecule has 0 radical (unpaired) electrons. The SMILES string of the molecule is CCN(CC)Cc1cccc(N)c1F. The van der Waals surface area contributed by atoms with Crippen LogP contribution >= 0.6 is 0 Å². The summed E-state index contributed by atoms with van der Waals surface area (Å²) >= 11 is 0. The van der Waals surface area contributed by atoms with Gasteiger partial charge in [-0.1, -0.05) is 26.0 Å². The number of rotatable bonds is 4. The van der Waals surface area contributed by atoms with Gasteiger partial charge in [-0.3, -0.25) is 4.90 Å². The lowest BCUT2D eigenvalue weighted by atomic mass is 10.1. The van der Waals surface area contributed by atoms with Gasteiger partial charge < -0.3 is 5.73 Å². The monoisotopic (exact) mass is 196 g/mol. The third kappa shape index (κ3) is 2.45. The Labute approximate surface area is 84.5 Å². The van der Waals surface area contributed by atoms with Gasteiger partial charge in [-0.2, -0.15) is 0 Å². The number of benzene rings is 1. The van der Waals surface area contributed by atoms with Crippen molar-refractivity contribution in [3.63, 3.8) is 0 Å². The number of hydrogen-bond acceptors (Lipinski definition) is 2. The van der Waals surface area contributed by atoms with Crippen molar-refractivity contribution in [2.24, 2.45) is 0 Å². The molecule has 14 heavy (non-hydrogen) atoms. The van der Waals surface area contributed by atoms with Crippen molar-refractivity contribution in [2.75, 3.05) is 18.8 Å². The van der Waals surface area contributed by atoms with Crippen molar-refractivity contribution in [3.8, 4) is 0 Å². The molecule has 0 heterocycles. The van der Waals surface area contributed by atoms with Gasteiger partial charge in [0, 0.05) is 12.1 Å². The van der Waals surface area contributed by atoms with Crippen molar-refractivity contribution in [1.29, 1.82) is 0 Å². The predicted molar refractivity (Wildman–Crippen MR) is 57.4 cm³/mol. The quantitative estimate of drug-likeness (QED) is 0.748. The minimum absolute atomic E-state index is 0.231. The number of nitrogens with two attached hydrogens (primary N) is 1. The third-order valence-corrected chi connectivity index (χ3v) is 2.40. The summed E-state index contributed by atoms with van der Waals surface area (Å²) in [5, 5.41) is 0. The fourth-order valence-electron chi connectivity index (χ4n) is 1.41. The molecule has 78 valence electrons. The second kappa shape index (κ2) is 4.96. The summed E-state index contributed by atoms with van der Waals surface area (Å²) < 4.78 is 13.5. The van der Waals surface area contributed by atoms with E-state index in [2.05, 4.69) is 18.7 Å². The molecule has 0 aliphatic heterocycles. The standard InChI is InChI=1S/C11H17FN2/c1-3-14(4-2)8-9-6-5-7-10(13)11(9)12/h5-7H,3-4,8,13H2,1-2H3. The van der Waals surface area contributed by atoms with Crippen molar-refractivity contribution in [3.05, 3.63) is 29.6 Å². The van der Waals surface area contributed by atoms with Crippen molar-refractivity contribution in [1.82, 2.24) is 4.90 Å². The average molecular weight is 196 g/mol. The third-order valence-electron chi connectivity index (χ3n) is 2.40. The smallest absolute Gasteiger partial charge is 0.150 e. The van der Waals surface area contributed by atoms with Crippen molar-refractivity contribution >= 4 is 5.69 Å². The van der Waals surface area contributed by atoms with E-state index < -0.39 is 0 Å². The normalized spacial score (nSPS) is 10.9. The number of anilines is 1. The summed E-state index contributed by atoms with van der Waals surface area (Å²) in [6.45, 7) is 6.60. The fraction of sp³-hybridized carbons (Fsp3) is 0.455. The zero-order valence-electron chi connectivity index (χ0n) is 8.76. The van der Waals surface area contributed by atoms with Gasteiger partial charge in [-0.05, 0) is 19.2 Å². The molecule has 1 aromatic rings. The lowest BCUT2D eigenvalue weighted by Gasteiger charge is -2.18. The molecular formula is C11H17FN2. The van der Waals surface area contributed by atoms with Crippen LogP contribution in [0.2, 0.25) is 0 Å². The number of hydrogen-bond donors (Lipinski definition) is 1. The molecule has 0 atom stereocenters. The first-order valence-corrected chi connectivity index (χ1v) is 4.94. The largest absolute Gasteiger partial charge is 0.396 e. The van der Waals surface area contributed by atoms with E-state index >= 15 is 0 Å². The molecule has 1 aromatic carbocycles. The molecule has 0 fully saturated rings. The second-order valence-corrected chi connectivity index (χ2v) is 3.28. The molecule has 1 rings (SSSR count). The van der Waals surface area contributed by atoms with Gasteiger partial charge in [0.05, 0.1) is 5.69 Å². The molecule has 2 N–H and O–H groups in total. The molecule has 0 aromatic heterocycles. The summed E-state index contributed by atoms with van der Waals surface area (Å²) in [6, 6.07) is 5.16. The second-order valence-electron chi connectivity index (χ2n) is 3.28. The van der Waals surface area contributed by atoms with Gasteiger partial charge in [0.15, 0.2) is 5.82 Å². The van der Waals surface area contributed by atoms with Gasteiger partial charge in [-0.25, -0.2) is 4.39 Å². The lowest BCUT2D eigenvalue weighted by Crippen LogP contribution is -2.22. The summed E-state index contributed by atoms with van der Waals surface area (Å²) in [5.74, 6) is -0.278. The molecule has 0 spiro atoms. The maximum absolute atomic E-state index is 13.5. The minimum Gasteiger partial charge on any atom is -0.396 e. The number of nitrogens with zero attached hydrogens (tertiary/aromatic N) is 1. The molecular weight excluding hydrogens is 179 g/mol. The highest BCUT2D eigenvalue weighted by Crippen LogP contribution is 2.16. The van der Waals surface area contributed by atoms with E-state index in [1.807, 2.05) is 0 Å². The highest BCUT2D eigenvalue weighted by Gasteiger charge is 2.07. The van der Waals surface area contributed by atoms with Gasteiger partial charge >= 0.3 is 0 Å². The van der Waals surface area contributed by atoms with E-state index in [0.717, 1.165) is 13.1 Å². The van der Waals surface area contributed by atoms with Crippen LogP contribution in [0.1, 0.15) is 19.4 Å². The van der Waals surface area contributed by atoms with Crippen LogP contribution in [0.5, 0.6) is 0 Å². The Balaban J connectivity index is 2.80. The van der Waals surface area contributed by atoms with Gasteiger partial charge in [0.25, 0.3) is 0 Å². The van der Waals surface area contributed by atoms with Crippen LogP contribution in [-0.4, -0.2) is 18.0 Å². The Bertz CT molecular complexity index is 295. The van der Waals surface area contributed by atoms with Crippen LogP contribution in [0.4, 0.5) is 10.1 Å². The Morgan fingerprint density at radius 3 is 2.50 bits per heavy atom. The minimum atomic E-state index is -0.278. The van der Waals surface area contributed by atoms with Gasteiger partial charge in [0.2, 0.25) is 0 Å². The highest BCUT2D eigenvalue weighted by atomic mass is 19.1. The zero-order valence-corrected chi connectivity index (χ0v) is 8.76. The first kappa shape index (κ1) is 11.0. The van der Waals surface area contributed by atoms with Crippen LogP contribution in [0.3, 0.4) is 0 Å². The topological polar surface area (TPSA) is 29.3 Å². The summed E-state index contributed by atoms with van der Waals surface area (Å²) in [4.78, 5) is 2.15. The molecule has 2 nitrogen and oxygen atoms in total. The first-order valence-electron chi connectivity index (χ1n) is 4.94. The Morgan fingerprint density at radius 1 is 1.29 bits per heavy atom. The molecule has 0 amide bonds. The molecule has 0 saturated carbocycles. The van der Waals surface area contributed by atoms with E-state index in [4.69, 9.17) is 5.73 Å². The summed E-state index contributed by atoms with van der Waals surface area (Å²) in [7, 11) is 0. The van der Waals surface area contributed by atoms with E-state index in [1.165, 1.54) is 0 Å². The predicted octanol–water partition coefficient (Wildman–Crippen LogP) is 2.25. The highest BCUT2D eigenvalue weighted by molar-refractivity contribution is 5.42. The molecule has 0 unspecified atom stereocenters. The van der Waals surface area contributed by atoms with Crippen molar-refractivity contribution in [2.45, 2.75) is 20.4 Å². The molecule has 0 aliphatic rings. The summed E-state index contributed by atoms with van der Waals surface area (Å²) in [5.41, 5.74) is 6.39. The maximum Gasteiger partial charge on any atom is 0.150 e. The van der Waals surface area contributed by atoms with Crippen LogP contribution in [0.25, 0.3) is 0 Å². The Hall–Kier alpha value is -1.09. The Kier molecular flexibility index (Phi) is 3.89. The van der Waals surface area contributed by atoms with Crippen LogP contribution < -0.4 is 5.73 Å². The van der Waals surface area contributed by atoms with Crippen molar-refractivity contribution < 1.29 is 4.39 Å². The van der Waals surface area contributed by atoms with Crippen LogP contribution in [0, 0.1) is 5.82 Å². The van der Waals surface area contributed by atoms with Gasteiger partial charge in [-0.15, -0.1) is 0 Å². The van der Waals surface area contributed by atoms with E-state index in [1.54, 1.807) is 18.2 Å². The molecule has 0 aliphatic carbocycles. The lowest BCUT2D eigenvalue weighted by molar-refractivity contribution is 0.291. The Morgan fingerprint density at radius 2 is 1.93 bits per heavy atom. The average Bonchev–Trinajstić information content (AvgIpc) is 2.20. The first-order chi connectivity index (χ1) is 6.69. The zero-order chi connectivity index (χ0) is 10.6. The van der Waals surface area contributed by atoms with E-state index in [-0.39, 0.29) is 11.5 Å². The van der Waals surface area contributed by atoms with Crippen LogP contribution in [0.15, 0.2) is 18.2 Å². The maximum atomic E-state index is 13.5. The number of nitrogen functional groups attached to an aromatic ring is 1. The summed E-state index contributed by atoms with van der Waals surface area (Å²) in [6.07, 6.45) is 0. The fourth-order valence-corrected chi connectivity index (χ4v) is 1.41. The van der Waals surface area contributed by atoms with E-state index in [9.17, 15) is 4.39 Å². The molecule has 3 heteroatoms. The van der Waals surface area contributed by atoms with E-state index in [0.29, 0.717) is 12.1 Å².